The molecule has 0 saturated carbocycles. The summed E-state index contributed by atoms with van der Waals surface area (Å²) in [7, 11) is 0. The van der Waals surface area contributed by atoms with Gasteiger partial charge in [-0.15, -0.1) is 0 Å². The highest BCUT2D eigenvalue weighted by Crippen LogP contribution is 2.25. The lowest BCUT2D eigenvalue weighted by Crippen LogP contribution is -2.14. The molecule has 0 radical (unpaired) electrons. The maximum atomic E-state index is 6.01. The van der Waals surface area contributed by atoms with Gasteiger partial charge in [0.15, 0.2) is 0 Å². The number of nitrogens with one attached hydrogen (secondary N) is 1. The van der Waals surface area contributed by atoms with E-state index in [2.05, 4.69) is 55.0 Å². The van der Waals surface area contributed by atoms with Crippen molar-refractivity contribution in [3.8, 4) is 5.75 Å². The lowest BCUT2D eigenvalue weighted by atomic mass is 10.1. The first kappa shape index (κ1) is 16.1. The number of aryl methyl sites for hydroxylation is 2. The van der Waals surface area contributed by atoms with Crippen LogP contribution in [0.2, 0.25) is 0 Å². The molecule has 2 nitrogen and oxygen atoms in total. The molecule has 21 heavy (non-hydrogen) atoms. The quantitative estimate of drug-likeness (QED) is 0.726. The van der Waals surface area contributed by atoms with Crippen LogP contribution in [0.15, 0.2) is 29.0 Å². The molecule has 0 unspecified atom stereocenters. The van der Waals surface area contributed by atoms with E-state index in [1.807, 2.05) is 0 Å². The van der Waals surface area contributed by atoms with E-state index in [9.17, 15) is 0 Å². The Morgan fingerprint density at radius 2 is 1.90 bits per heavy atom. The Kier molecular flexibility index (Phi) is 6.27. The lowest BCUT2D eigenvalue weighted by molar-refractivity contribution is 0.317. The molecule has 3 heteroatoms. The topological polar surface area (TPSA) is 21.3 Å². The molecular weight excluding hydrogens is 278 g/mol. The van der Waals surface area contributed by atoms with Gasteiger partial charge in [0.05, 0.1) is 6.61 Å². The van der Waals surface area contributed by atoms with Crippen molar-refractivity contribution in [3.63, 3.8) is 0 Å². The standard InChI is InChI=1S/C18H25NOS/c1-4-7-19-12-17-10-14(2)18(15(3)11-17)20-8-5-16-6-9-21-13-16/h6,9-11,13,19H,4-5,7-8,12H2,1-3H3. The lowest BCUT2D eigenvalue weighted by Gasteiger charge is -2.14. The highest BCUT2D eigenvalue weighted by Gasteiger charge is 2.07. The van der Waals surface area contributed by atoms with Gasteiger partial charge in [0.2, 0.25) is 0 Å². The van der Waals surface area contributed by atoms with Crippen LogP contribution in [0.3, 0.4) is 0 Å². The van der Waals surface area contributed by atoms with E-state index in [-0.39, 0.29) is 0 Å². The second-order valence-corrected chi connectivity index (χ2v) is 6.25. The van der Waals surface area contributed by atoms with Crippen molar-refractivity contribution < 1.29 is 4.74 Å². The predicted octanol–water partition coefficient (Wildman–Crippen LogP) is 4.49. The summed E-state index contributed by atoms with van der Waals surface area (Å²) in [4.78, 5) is 0. The third-order valence-corrected chi connectivity index (χ3v) is 4.23. The number of hydrogen-bond donors (Lipinski definition) is 1. The average molecular weight is 303 g/mol. The van der Waals surface area contributed by atoms with Crippen molar-refractivity contribution in [1.82, 2.24) is 5.32 Å². The van der Waals surface area contributed by atoms with Gasteiger partial charge in [0, 0.05) is 13.0 Å². The Hall–Kier alpha value is -1.32. The number of rotatable bonds is 8. The molecule has 1 heterocycles. The molecular formula is C18H25NOS. The average Bonchev–Trinajstić information content (AvgIpc) is 2.95. The summed E-state index contributed by atoms with van der Waals surface area (Å²) >= 11 is 1.74. The van der Waals surface area contributed by atoms with E-state index in [0.29, 0.717) is 0 Å². The largest absolute Gasteiger partial charge is 0.493 e. The van der Waals surface area contributed by atoms with E-state index in [4.69, 9.17) is 4.74 Å². The van der Waals surface area contributed by atoms with Crippen LogP contribution in [0.4, 0.5) is 0 Å². The zero-order valence-electron chi connectivity index (χ0n) is 13.2. The van der Waals surface area contributed by atoms with Gasteiger partial charge in [0.1, 0.15) is 5.75 Å². The second-order valence-electron chi connectivity index (χ2n) is 5.47. The SMILES string of the molecule is CCCNCc1cc(C)c(OCCc2ccsc2)c(C)c1. The maximum Gasteiger partial charge on any atom is 0.125 e. The molecule has 0 aliphatic heterocycles. The first-order chi connectivity index (χ1) is 10.2. The van der Waals surface area contributed by atoms with Crippen LogP contribution in [0, 0.1) is 13.8 Å². The van der Waals surface area contributed by atoms with Gasteiger partial charge in [-0.05, 0) is 65.9 Å². The number of thiophene rings is 1. The van der Waals surface area contributed by atoms with E-state index < -0.39 is 0 Å². The highest BCUT2D eigenvalue weighted by molar-refractivity contribution is 7.07. The fraction of sp³-hybridized carbons (Fsp3) is 0.444. The highest BCUT2D eigenvalue weighted by atomic mass is 32.1. The minimum Gasteiger partial charge on any atom is -0.493 e. The van der Waals surface area contributed by atoms with Crippen LogP contribution in [0.25, 0.3) is 0 Å². The molecule has 0 fully saturated rings. The van der Waals surface area contributed by atoms with E-state index >= 15 is 0 Å². The van der Waals surface area contributed by atoms with Gasteiger partial charge >= 0.3 is 0 Å². The summed E-state index contributed by atoms with van der Waals surface area (Å²) in [6, 6.07) is 6.63. The van der Waals surface area contributed by atoms with Gasteiger partial charge in [-0.2, -0.15) is 11.3 Å². The molecule has 0 spiro atoms. The van der Waals surface area contributed by atoms with Crippen LogP contribution in [-0.4, -0.2) is 13.2 Å². The molecule has 0 amide bonds. The van der Waals surface area contributed by atoms with Gasteiger partial charge in [-0.3, -0.25) is 0 Å². The molecule has 1 aromatic heterocycles. The maximum absolute atomic E-state index is 6.01. The third-order valence-electron chi connectivity index (χ3n) is 3.49. The van der Waals surface area contributed by atoms with Gasteiger partial charge in [-0.1, -0.05) is 19.1 Å². The number of ether oxygens (including phenoxy) is 1. The Morgan fingerprint density at radius 1 is 1.14 bits per heavy atom. The molecule has 0 bridgehead atoms. The van der Waals surface area contributed by atoms with Gasteiger partial charge < -0.3 is 10.1 Å². The van der Waals surface area contributed by atoms with Crippen molar-refractivity contribution in [2.24, 2.45) is 0 Å². The third kappa shape index (κ3) is 4.87. The monoisotopic (exact) mass is 303 g/mol. The minimum absolute atomic E-state index is 0.742. The molecule has 0 saturated heterocycles. The molecule has 2 rings (SSSR count). The molecule has 1 aromatic carbocycles. The number of hydrogen-bond acceptors (Lipinski definition) is 3. The normalized spacial score (nSPS) is 10.8. The Morgan fingerprint density at radius 3 is 2.52 bits per heavy atom. The van der Waals surface area contributed by atoms with E-state index in [0.717, 1.165) is 31.9 Å². The van der Waals surface area contributed by atoms with Crippen LogP contribution in [0.1, 0.15) is 35.6 Å². The Bertz CT molecular complexity index is 525. The molecule has 0 aliphatic carbocycles. The zero-order chi connectivity index (χ0) is 15.1. The summed E-state index contributed by atoms with van der Waals surface area (Å²) in [6.45, 7) is 9.20. The summed E-state index contributed by atoms with van der Waals surface area (Å²) in [6.07, 6.45) is 2.14. The minimum atomic E-state index is 0.742. The predicted molar refractivity (Wildman–Crippen MR) is 91.4 cm³/mol. The Labute approximate surface area is 132 Å². The summed E-state index contributed by atoms with van der Waals surface area (Å²) < 4.78 is 6.01. The molecule has 2 aromatic rings. The molecule has 1 N–H and O–H groups in total. The van der Waals surface area contributed by atoms with Gasteiger partial charge in [0.25, 0.3) is 0 Å². The zero-order valence-corrected chi connectivity index (χ0v) is 14.1. The van der Waals surface area contributed by atoms with Crippen LogP contribution in [0.5, 0.6) is 5.75 Å². The van der Waals surface area contributed by atoms with E-state index in [1.54, 1.807) is 11.3 Å². The van der Waals surface area contributed by atoms with Crippen molar-refractivity contribution >= 4 is 11.3 Å². The number of benzene rings is 1. The summed E-state index contributed by atoms with van der Waals surface area (Å²) in [5, 5.41) is 7.75. The van der Waals surface area contributed by atoms with Crippen molar-refractivity contribution in [3.05, 3.63) is 51.2 Å². The van der Waals surface area contributed by atoms with Crippen LogP contribution >= 0.6 is 11.3 Å². The van der Waals surface area contributed by atoms with Crippen LogP contribution < -0.4 is 10.1 Å². The second kappa shape index (κ2) is 8.20. The van der Waals surface area contributed by atoms with Gasteiger partial charge in [-0.25, -0.2) is 0 Å². The first-order valence-corrected chi connectivity index (χ1v) is 8.59. The molecule has 0 atom stereocenters. The smallest absolute Gasteiger partial charge is 0.125 e. The summed E-state index contributed by atoms with van der Waals surface area (Å²) in [5.41, 5.74) is 5.15. The summed E-state index contributed by atoms with van der Waals surface area (Å²) in [5.74, 6) is 1.05. The Balaban J connectivity index is 1.93. The van der Waals surface area contributed by atoms with Crippen molar-refractivity contribution in [2.45, 2.75) is 40.2 Å². The van der Waals surface area contributed by atoms with E-state index in [1.165, 1.54) is 28.7 Å². The fourth-order valence-corrected chi connectivity index (χ4v) is 3.19. The van der Waals surface area contributed by atoms with Crippen molar-refractivity contribution in [1.29, 1.82) is 0 Å². The molecule has 114 valence electrons. The van der Waals surface area contributed by atoms with Crippen LogP contribution in [-0.2, 0) is 13.0 Å². The molecule has 0 aliphatic rings. The first-order valence-electron chi connectivity index (χ1n) is 7.65. The van der Waals surface area contributed by atoms with Crippen molar-refractivity contribution in [2.75, 3.05) is 13.2 Å². The fourth-order valence-electron chi connectivity index (χ4n) is 2.49.